The van der Waals surface area contributed by atoms with Crippen LogP contribution in [0.4, 0.5) is 26.3 Å². The van der Waals surface area contributed by atoms with Crippen LogP contribution < -0.4 is 0 Å². The monoisotopic (exact) mass is 374 g/mol. The molecule has 2 aromatic carbocycles. The SMILES string of the molecule is O=C(CCC(=O)c1cccc(C(F)(F)F)c1)c1cccc(C(F)(F)F)c1. The van der Waals surface area contributed by atoms with Gasteiger partial charge in [0.15, 0.2) is 11.6 Å². The van der Waals surface area contributed by atoms with E-state index in [1.807, 2.05) is 0 Å². The molecule has 0 radical (unpaired) electrons. The highest BCUT2D eigenvalue weighted by molar-refractivity contribution is 6.02. The number of carbonyl (C=O) groups excluding carboxylic acids is 2. The van der Waals surface area contributed by atoms with Gasteiger partial charge in [-0.3, -0.25) is 9.59 Å². The predicted molar refractivity (Wildman–Crippen MR) is 80.8 cm³/mol. The fraction of sp³-hybridized carbons (Fsp3) is 0.222. The van der Waals surface area contributed by atoms with E-state index >= 15 is 0 Å². The molecule has 0 aliphatic rings. The summed E-state index contributed by atoms with van der Waals surface area (Å²) in [4.78, 5) is 24.0. The average Bonchev–Trinajstić information content (AvgIpc) is 2.58. The van der Waals surface area contributed by atoms with Gasteiger partial charge >= 0.3 is 12.4 Å². The van der Waals surface area contributed by atoms with Crippen molar-refractivity contribution < 1.29 is 35.9 Å². The first kappa shape index (κ1) is 19.7. The minimum absolute atomic E-state index is 0.211. The van der Waals surface area contributed by atoms with E-state index < -0.39 is 47.9 Å². The second-order valence-electron chi connectivity index (χ2n) is 5.50. The number of halogens is 6. The summed E-state index contributed by atoms with van der Waals surface area (Å²) < 4.78 is 75.9. The van der Waals surface area contributed by atoms with Crippen LogP contribution in [0.5, 0.6) is 0 Å². The van der Waals surface area contributed by atoms with E-state index in [9.17, 15) is 35.9 Å². The predicted octanol–water partition coefficient (Wildman–Crippen LogP) is 5.57. The Morgan fingerprint density at radius 1 is 0.654 bits per heavy atom. The van der Waals surface area contributed by atoms with Gasteiger partial charge in [0.25, 0.3) is 0 Å². The van der Waals surface area contributed by atoms with Crippen LogP contribution in [0.25, 0.3) is 0 Å². The third-order valence-corrected chi connectivity index (χ3v) is 3.60. The van der Waals surface area contributed by atoms with Crippen molar-refractivity contribution >= 4 is 11.6 Å². The summed E-state index contributed by atoms with van der Waals surface area (Å²) in [6.07, 6.45) is -10.0. The third kappa shape index (κ3) is 4.93. The Bertz CT molecular complexity index is 751. The maximum Gasteiger partial charge on any atom is 0.416 e. The molecule has 0 aliphatic carbocycles. The fourth-order valence-electron chi connectivity index (χ4n) is 2.25. The minimum Gasteiger partial charge on any atom is -0.294 e. The van der Waals surface area contributed by atoms with Gasteiger partial charge in [0.2, 0.25) is 0 Å². The molecule has 0 saturated heterocycles. The van der Waals surface area contributed by atoms with Crippen LogP contribution in [0.1, 0.15) is 44.7 Å². The molecule has 8 heteroatoms. The molecule has 0 amide bonds. The van der Waals surface area contributed by atoms with Crippen LogP contribution >= 0.6 is 0 Å². The van der Waals surface area contributed by atoms with Crippen LogP contribution in [-0.4, -0.2) is 11.6 Å². The zero-order valence-corrected chi connectivity index (χ0v) is 13.1. The zero-order valence-electron chi connectivity index (χ0n) is 13.1. The molecule has 0 spiro atoms. The number of hydrogen-bond donors (Lipinski definition) is 0. The largest absolute Gasteiger partial charge is 0.416 e. The van der Waals surface area contributed by atoms with Crippen LogP contribution in [0, 0.1) is 0 Å². The van der Waals surface area contributed by atoms with Gasteiger partial charge in [-0.25, -0.2) is 0 Å². The van der Waals surface area contributed by atoms with Crippen LogP contribution in [-0.2, 0) is 12.4 Å². The Kier molecular flexibility index (Phi) is 5.53. The number of carbonyl (C=O) groups is 2. The standard InChI is InChI=1S/C18H12F6O2/c19-17(20,21)13-5-1-3-11(9-13)15(25)7-8-16(26)12-4-2-6-14(10-12)18(22,23)24/h1-6,9-10H,7-8H2. The lowest BCUT2D eigenvalue weighted by atomic mass is 9.99. The lowest BCUT2D eigenvalue weighted by molar-refractivity contribution is -0.138. The Hall–Kier alpha value is -2.64. The Morgan fingerprint density at radius 2 is 1.00 bits per heavy atom. The van der Waals surface area contributed by atoms with Gasteiger partial charge in [0.1, 0.15) is 0 Å². The lowest BCUT2D eigenvalue weighted by Gasteiger charge is -2.09. The smallest absolute Gasteiger partial charge is 0.294 e. The van der Waals surface area contributed by atoms with Gasteiger partial charge in [-0.05, 0) is 24.3 Å². The summed E-state index contributed by atoms with van der Waals surface area (Å²) in [5.74, 6) is -1.40. The van der Waals surface area contributed by atoms with Crippen LogP contribution in [0.15, 0.2) is 48.5 Å². The number of rotatable bonds is 5. The fourth-order valence-corrected chi connectivity index (χ4v) is 2.25. The molecule has 0 saturated carbocycles. The van der Waals surface area contributed by atoms with E-state index in [0.29, 0.717) is 12.1 Å². The van der Waals surface area contributed by atoms with Gasteiger partial charge < -0.3 is 0 Å². The average molecular weight is 374 g/mol. The van der Waals surface area contributed by atoms with E-state index in [1.54, 1.807) is 0 Å². The number of Topliss-reactive ketones (excluding diaryl/α,β-unsaturated/α-hetero) is 2. The summed E-state index contributed by atoms with van der Waals surface area (Å²) in [7, 11) is 0. The van der Waals surface area contributed by atoms with Crippen molar-refractivity contribution in [1.82, 2.24) is 0 Å². The molecule has 138 valence electrons. The van der Waals surface area contributed by atoms with Gasteiger partial charge in [-0.1, -0.05) is 24.3 Å². The van der Waals surface area contributed by atoms with Crippen LogP contribution in [0.2, 0.25) is 0 Å². The number of hydrogen-bond acceptors (Lipinski definition) is 2. The molecule has 0 aliphatic heterocycles. The molecular weight excluding hydrogens is 362 g/mol. The van der Waals surface area contributed by atoms with Crippen LogP contribution in [0.3, 0.4) is 0 Å². The summed E-state index contributed by atoms with van der Waals surface area (Å²) in [5.41, 5.74) is -2.41. The Labute approximate surface area is 144 Å². The molecule has 2 nitrogen and oxygen atoms in total. The molecule has 0 aromatic heterocycles. The topological polar surface area (TPSA) is 34.1 Å². The Morgan fingerprint density at radius 3 is 1.31 bits per heavy atom. The first-order valence-corrected chi connectivity index (χ1v) is 7.39. The maximum atomic E-state index is 12.6. The molecule has 2 aromatic rings. The molecule has 26 heavy (non-hydrogen) atoms. The van der Waals surface area contributed by atoms with Crippen molar-refractivity contribution in [2.75, 3.05) is 0 Å². The van der Waals surface area contributed by atoms with Crippen molar-refractivity contribution in [3.05, 3.63) is 70.8 Å². The molecular formula is C18H12F6O2. The molecule has 0 N–H and O–H groups in total. The van der Waals surface area contributed by atoms with Crippen molar-refractivity contribution in [1.29, 1.82) is 0 Å². The van der Waals surface area contributed by atoms with E-state index in [-0.39, 0.29) is 11.1 Å². The van der Waals surface area contributed by atoms with E-state index in [2.05, 4.69) is 0 Å². The maximum absolute atomic E-state index is 12.6. The number of ketones is 2. The summed E-state index contributed by atoms with van der Waals surface area (Å²) in [6, 6.07) is 7.50. The normalized spacial score (nSPS) is 12.1. The van der Waals surface area contributed by atoms with Crippen molar-refractivity contribution in [3.63, 3.8) is 0 Å². The zero-order chi connectivity index (χ0) is 19.5. The van der Waals surface area contributed by atoms with E-state index in [0.717, 1.165) is 24.3 Å². The molecule has 0 heterocycles. The quantitative estimate of drug-likeness (QED) is 0.507. The highest BCUT2D eigenvalue weighted by Crippen LogP contribution is 2.31. The molecule has 0 bridgehead atoms. The number of alkyl halides is 6. The highest BCUT2D eigenvalue weighted by atomic mass is 19.4. The molecule has 0 atom stereocenters. The second-order valence-corrected chi connectivity index (χ2v) is 5.50. The van der Waals surface area contributed by atoms with E-state index in [4.69, 9.17) is 0 Å². The van der Waals surface area contributed by atoms with Gasteiger partial charge in [0, 0.05) is 24.0 Å². The Balaban J connectivity index is 2.07. The van der Waals surface area contributed by atoms with Crippen molar-refractivity contribution in [2.45, 2.75) is 25.2 Å². The van der Waals surface area contributed by atoms with Gasteiger partial charge in [-0.2, -0.15) is 26.3 Å². The molecule has 2 rings (SSSR count). The summed E-state index contributed by atoms with van der Waals surface area (Å²) in [6.45, 7) is 0. The minimum atomic E-state index is -4.61. The third-order valence-electron chi connectivity index (χ3n) is 3.60. The number of benzene rings is 2. The van der Waals surface area contributed by atoms with Gasteiger partial charge in [-0.15, -0.1) is 0 Å². The van der Waals surface area contributed by atoms with Crippen molar-refractivity contribution in [3.8, 4) is 0 Å². The molecule has 0 fully saturated rings. The first-order chi connectivity index (χ1) is 12.0. The van der Waals surface area contributed by atoms with Gasteiger partial charge in [0.05, 0.1) is 11.1 Å². The van der Waals surface area contributed by atoms with E-state index in [1.165, 1.54) is 12.1 Å². The van der Waals surface area contributed by atoms with Crippen molar-refractivity contribution in [2.24, 2.45) is 0 Å². The first-order valence-electron chi connectivity index (χ1n) is 7.39. The second kappa shape index (κ2) is 7.31. The summed E-state index contributed by atoms with van der Waals surface area (Å²) >= 11 is 0. The lowest BCUT2D eigenvalue weighted by Crippen LogP contribution is -2.10. The molecule has 0 unspecified atom stereocenters. The highest BCUT2D eigenvalue weighted by Gasteiger charge is 2.32. The summed E-state index contributed by atoms with van der Waals surface area (Å²) in [5, 5.41) is 0.